The number of piperidine rings is 1. The summed E-state index contributed by atoms with van der Waals surface area (Å²) < 4.78 is 0. The minimum absolute atomic E-state index is 0.0225. The Labute approximate surface area is 165 Å². The highest BCUT2D eigenvalue weighted by atomic mass is 16.6. The molecule has 1 aromatic carbocycles. The van der Waals surface area contributed by atoms with Crippen LogP contribution in [0, 0.1) is 28.4 Å². The van der Waals surface area contributed by atoms with Crippen LogP contribution in [0.2, 0.25) is 0 Å². The Morgan fingerprint density at radius 1 is 1.25 bits per heavy atom. The molecule has 2 heterocycles. The summed E-state index contributed by atoms with van der Waals surface area (Å²) >= 11 is 0. The van der Waals surface area contributed by atoms with Gasteiger partial charge in [-0.3, -0.25) is 19.8 Å². The largest absolute Gasteiger partial charge is 0.369 e. The highest BCUT2D eigenvalue weighted by Crippen LogP contribution is 2.31. The number of nitrogens with zero attached hydrogens (tertiary/aromatic N) is 5. The standard InChI is InChI=1S/C20H27N5O3/c1-15-5-3-4-6-24(15)20(26)14-22-7-9-23(10-8-22)18-11-17(13-21)12-19(16(18)2)25(27)28/h11-12,15H,3-10,14H2,1-2H3/t15-/m1/s1. The molecule has 2 aliphatic rings. The summed E-state index contributed by atoms with van der Waals surface area (Å²) in [6, 6.07) is 5.38. The summed E-state index contributed by atoms with van der Waals surface area (Å²) in [6.07, 6.45) is 3.35. The van der Waals surface area contributed by atoms with Crippen LogP contribution in [0.1, 0.15) is 37.3 Å². The molecule has 1 atom stereocenters. The molecule has 0 saturated carbocycles. The highest BCUT2D eigenvalue weighted by Gasteiger charge is 2.27. The van der Waals surface area contributed by atoms with Gasteiger partial charge in [-0.1, -0.05) is 0 Å². The molecule has 3 rings (SSSR count). The number of rotatable bonds is 4. The lowest BCUT2D eigenvalue weighted by molar-refractivity contribution is -0.385. The Morgan fingerprint density at radius 3 is 2.57 bits per heavy atom. The normalized spacial score (nSPS) is 20.7. The number of nitro benzene ring substituents is 1. The van der Waals surface area contributed by atoms with Crippen LogP contribution in [-0.4, -0.2) is 65.9 Å². The molecule has 0 aromatic heterocycles. The van der Waals surface area contributed by atoms with Gasteiger partial charge in [-0.15, -0.1) is 0 Å². The number of anilines is 1. The summed E-state index contributed by atoms with van der Waals surface area (Å²) in [5, 5.41) is 20.5. The predicted molar refractivity (Wildman–Crippen MR) is 106 cm³/mol. The minimum atomic E-state index is -0.436. The van der Waals surface area contributed by atoms with Gasteiger partial charge in [0.2, 0.25) is 5.91 Å². The first-order valence-electron chi connectivity index (χ1n) is 9.86. The van der Waals surface area contributed by atoms with E-state index in [4.69, 9.17) is 0 Å². The third-order valence-electron chi connectivity index (χ3n) is 5.87. The van der Waals surface area contributed by atoms with Crippen molar-refractivity contribution in [3.8, 4) is 6.07 Å². The number of nitriles is 1. The fourth-order valence-electron chi connectivity index (χ4n) is 4.16. The third kappa shape index (κ3) is 4.25. The second kappa shape index (κ2) is 8.57. The average Bonchev–Trinajstić information content (AvgIpc) is 2.69. The topological polar surface area (TPSA) is 93.7 Å². The van der Waals surface area contributed by atoms with Gasteiger partial charge >= 0.3 is 0 Å². The van der Waals surface area contributed by atoms with Crippen LogP contribution in [0.4, 0.5) is 11.4 Å². The molecule has 0 aliphatic carbocycles. The van der Waals surface area contributed by atoms with Gasteiger partial charge in [0.1, 0.15) is 0 Å². The summed E-state index contributed by atoms with van der Waals surface area (Å²) in [4.78, 5) is 29.7. The van der Waals surface area contributed by atoms with Crippen molar-refractivity contribution in [1.29, 1.82) is 5.26 Å². The molecule has 0 bridgehead atoms. The Hall–Kier alpha value is -2.66. The number of likely N-dealkylation sites (tertiary alicyclic amines) is 1. The monoisotopic (exact) mass is 385 g/mol. The van der Waals surface area contributed by atoms with Gasteiger partial charge in [-0.25, -0.2) is 0 Å². The Morgan fingerprint density at radius 2 is 1.96 bits per heavy atom. The van der Waals surface area contributed by atoms with Gasteiger partial charge in [0, 0.05) is 50.5 Å². The third-order valence-corrected chi connectivity index (χ3v) is 5.87. The van der Waals surface area contributed by atoms with Crippen molar-refractivity contribution in [3.63, 3.8) is 0 Å². The smallest absolute Gasteiger partial charge is 0.275 e. The van der Waals surface area contributed by atoms with Crippen LogP contribution < -0.4 is 4.90 Å². The fraction of sp³-hybridized carbons (Fsp3) is 0.600. The van der Waals surface area contributed by atoms with Crippen molar-refractivity contribution in [2.45, 2.75) is 39.2 Å². The number of amides is 1. The summed E-state index contributed by atoms with van der Waals surface area (Å²) in [5.74, 6) is 0.193. The Balaban J connectivity index is 1.64. The number of benzene rings is 1. The van der Waals surface area contributed by atoms with Crippen molar-refractivity contribution in [2.75, 3.05) is 44.2 Å². The fourth-order valence-corrected chi connectivity index (χ4v) is 4.16. The predicted octanol–water partition coefficient (Wildman–Crippen LogP) is 2.30. The number of carbonyl (C=O) groups excluding carboxylic acids is 1. The van der Waals surface area contributed by atoms with Crippen LogP contribution >= 0.6 is 0 Å². The number of nitro groups is 1. The molecule has 0 spiro atoms. The van der Waals surface area contributed by atoms with Crippen LogP contribution in [0.15, 0.2) is 12.1 Å². The maximum Gasteiger partial charge on any atom is 0.275 e. The lowest BCUT2D eigenvalue weighted by Gasteiger charge is -2.39. The SMILES string of the molecule is Cc1c(N2CCN(CC(=O)N3CCCC[C@H]3C)CC2)cc(C#N)cc1[N+](=O)[O-]. The van der Waals surface area contributed by atoms with E-state index in [1.807, 2.05) is 11.0 Å². The molecular formula is C20H27N5O3. The molecule has 8 nitrogen and oxygen atoms in total. The second-order valence-electron chi connectivity index (χ2n) is 7.70. The lowest BCUT2D eigenvalue weighted by Crippen LogP contribution is -2.52. The average molecular weight is 385 g/mol. The summed E-state index contributed by atoms with van der Waals surface area (Å²) in [6.45, 7) is 7.91. The van der Waals surface area contributed by atoms with E-state index in [0.717, 1.165) is 38.2 Å². The van der Waals surface area contributed by atoms with E-state index in [-0.39, 0.29) is 11.6 Å². The van der Waals surface area contributed by atoms with Crippen LogP contribution in [-0.2, 0) is 4.79 Å². The molecular weight excluding hydrogens is 358 g/mol. The molecule has 0 radical (unpaired) electrons. The van der Waals surface area contributed by atoms with Crippen LogP contribution in [0.3, 0.4) is 0 Å². The first-order valence-corrected chi connectivity index (χ1v) is 9.86. The highest BCUT2D eigenvalue weighted by molar-refractivity contribution is 5.78. The van der Waals surface area contributed by atoms with E-state index in [1.165, 1.54) is 12.5 Å². The Kier molecular flexibility index (Phi) is 6.15. The second-order valence-corrected chi connectivity index (χ2v) is 7.70. The van der Waals surface area contributed by atoms with E-state index in [0.29, 0.717) is 36.8 Å². The molecule has 2 fully saturated rings. The van der Waals surface area contributed by atoms with E-state index in [1.54, 1.807) is 13.0 Å². The Bertz CT molecular complexity index is 796. The van der Waals surface area contributed by atoms with Crippen molar-refractivity contribution in [3.05, 3.63) is 33.4 Å². The van der Waals surface area contributed by atoms with Gasteiger partial charge in [0.15, 0.2) is 0 Å². The lowest BCUT2D eigenvalue weighted by atomic mass is 10.0. The number of carbonyl (C=O) groups is 1. The number of hydrogen-bond acceptors (Lipinski definition) is 6. The van der Waals surface area contributed by atoms with E-state index in [9.17, 15) is 20.2 Å². The molecule has 2 aliphatic heterocycles. The quantitative estimate of drug-likeness (QED) is 0.583. The maximum atomic E-state index is 12.6. The van der Waals surface area contributed by atoms with Gasteiger partial charge in [0.05, 0.1) is 28.7 Å². The summed E-state index contributed by atoms with van der Waals surface area (Å²) in [5.41, 5.74) is 1.59. The molecule has 2 saturated heterocycles. The van der Waals surface area contributed by atoms with E-state index in [2.05, 4.69) is 16.7 Å². The molecule has 8 heteroatoms. The maximum absolute atomic E-state index is 12.6. The van der Waals surface area contributed by atoms with Gasteiger partial charge in [0.25, 0.3) is 5.69 Å². The van der Waals surface area contributed by atoms with Crippen molar-refractivity contribution in [1.82, 2.24) is 9.80 Å². The van der Waals surface area contributed by atoms with Crippen LogP contribution in [0.25, 0.3) is 0 Å². The van der Waals surface area contributed by atoms with Crippen molar-refractivity contribution >= 4 is 17.3 Å². The zero-order valence-corrected chi connectivity index (χ0v) is 16.6. The van der Waals surface area contributed by atoms with Gasteiger partial charge in [-0.2, -0.15) is 5.26 Å². The summed E-state index contributed by atoms with van der Waals surface area (Å²) in [7, 11) is 0. The number of piperazine rings is 1. The van der Waals surface area contributed by atoms with E-state index >= 15 is 0 Å². The zero-order chi connectivity index (χ0) is 20.3. The van der Waals surface area contributed by atoms with E-state index < -0.39 is 4.92 Å². The molecule has 1 amide bonds. The first kappa shape index (κ1) is 20.1. The molecule has 1 aromatic rings. The number of hydrogen-bond donors (Lipinski definition) is 0. The zero-order valence-electron chi connectivity index (χ0n) is 16.6. The molecule has 0 unspecified atom stereocenters. The molecule has 28 heavy (non-hydrogen) atoms. The van der Waals surface area contributed by atoms with Crippen LogP contribution in [0.5, 0.6) is 0 Å². The van der Waals surface area contributed by atoms with Gasteiger partial charge in [-0.05, 0) is 39.2 Å². The van der Waals surface area contributed by atoms with Gasteiger partial charge < -0.3 is 9.80 Å². The molecule has 0 N–H and O–H groups in total. The first-order chi connectivity index (χ1) is 13.4. The van der Waals surface area contributed by atoms with Crippen molar-refractivity contribution in [2.24, 2.45) is 0 Å². The van der Waals surface area contributed by atoms with Crippen molar-refractivity contribution < 1.29 is 9.72 Å². The molecule has 150 valence electrons. The minimum Gasteiger partial charge on any atom is -0.369 e.